The van der Waals surface area contributed by atoms with Gasteiger partial charge in [0.1, 0.15) is 0 Å². The van der Waals surface area contributed by atoms with Crippen molar-refractivity contribution in [2.24, 2.45) is 4.99 Å². The number of likely N-dealkylation sites (tertiary alicyclic amines) is 1. The summed E-state index contributed by atoms with van der Waals surface area (Å²) >= 11 is 6.34. The van der Waals surface area contributed by atoms with Gasteiger partial charge in [0.05, 0.1) is 28.3 Å². The minimum atomic E-state index is -0.213. The maximum atomic E-state index is 12.5. The Morgan fingerprint density at radius 2 is 2.17 bits per heavy atom. The number of carbonyl (C=O) groups excluding carboxylic acids is 2. The summed E-state index contributed by atoms with van der Waals surface area (Å²) in [5, 5.41) is 0. The van der Waals surface area contributed by atoms with E-state index in [1.165, 1.54) is 29.5 Å². The van der Waals surface area contributed by atoms with Crippen LogP contribution in [0.3, 0.4) is 0 Å². The molecule has 1 aliphatic heterocycles. The zero-order chi connectivity index (χ0) is 21.5. The topological polar surface area (TPSA) is 63.9 Å². The van der Waals surface area contributed by atoms with Gasteiger partial charge in [-0.05, 0) is 51.3 Å². The Labute approximate surface area is 193 Å². The molecule has 0 saturated carbocycles. The van der Waals surface area contributed by atoms with E-state index in [0.717, 1.165) is 34.1 Å². The van der Waals surface area contributed by atoms with E-state index in [1.54, 1.807) is 0 Å². The van der Waals surface area contributed by atoms with Crippen molar-refractivity contribution in [1.82, 2.24) is 9.47 Å². The van der Waals surface area contributed by atoms with Crippen molar-refractivity contribution in [1.29, 1.82) is 0 Å². The molecule has 0 N–H and O–H groups in total. The lowest BCUT2D eigenvalue weighted by atomic mass is 10.0. The Bertz CT molecular complexity index is 957. The number of fused-ring (bicyclic) bond motifs is 1. The molecule has 2 amide bonds. The number of ether oxygens (including phenoxy) is 1. The van der Waals surface area contributed by atoms with Crippen LogP contribution in [0.15, 0.2) is 27.7 Å². The summed E-state index contributed by atoms with van der Waals surface area (Å²) in [6, 6.07) is 6.35. The Morgan fingerprint density at radius 3 is 2.93 bits per heavy atom. The van der Waals surface area contributed by atoms with E-state index in [2.05, 4.69) is 27.8 Å². The predicted octanol–water partition coefficient (Wildman–Crippen LogP) is 4.06. The summed E-state index contributed by atoms with van der Waals surface area (Å²) < 4.78 is 9.59. The summed E-state index contributed by atoms with van der Waals surface area (Å²) in [7, 11) is 0. The number of halogens is 1. The van der Waals surface area contributed by atoms with Gasteiger partial charge < -0.3 is 14.2 Å². The molecule has 3 rings (SSSR count). The molecule has 1 aromatic carbocycles. The zero-order valence-electron chi connectivity index (χ0n) is 17.4. The molecule has 0 bridgehead atoms. The van der Waals surface area contributed by atoms with Crippen LogP contribution < -0.4 is 4.80 Å². The molecule has 1 saturated heterocycles. The van der Waals surface area contributed by atoms with Gasteiger partial charge >= 0.3 is 0 Å². The fourth-order valence-corrected chi connectivity index (χ4v) is 5.87. The van der Waals surface area contributed by atoms with E-state index in [0.29, 0.717) is 36.4 Å². The van der Waals surface area contributed by atoms with Gasteiger partial charge in [-0.3, -0.25) is 9.59 Å². The lowest BCUT2D eigenvalue weighted by molar-refractivity contribution is -0.131. The van der Waals surface area contributed by atoms with Crippen LogP contribution in [-0.4, -0.2) is 58.6 Å². The first-order valence-corrected chi connectivity index (χ1v) is 13.1. The average Bonchev–Trinajstić information content (AvgIpc) is 3.04. The number of benzene rings is 1. The molecule has 2 heterocycles. The molecule has 2 aromatic rings. The highest BCUT2D eigenvalue weighted by atomic mass is 79.9. The van der Waals surface area contributed by atoms with Crippen LogP contribution in [-0.2, 0) is 20.9 Å². The maximum absolute atomic E-state index is 12.5. The molecule has 1 aromatic heterocycles. The summed E-state index contributed by atoms with van der Waals surface area (Å²) in [6.07, 6.45) is 3.32. The van der Waals surface area contributed by atoms with Crippen molar-refractivity contribution in [2.45, 2.75) is 45.7 Å². The summed E-state index contributed by atoms with van der Waals surface area (Å²) in [5.41, 5.74) is 1.04. The van der Waals surface area contributed by atoms with Crippen molar-refractivity contribution in [2.75, 3.05) is 31.3 Å². The Morgan fingerprint density at radius 1 is 1.33 bits per heavy atom. The molecule has 0 spiro atoms. The molecule has 9 heteroatoms. The summed E-state index contributed by atoms with van der Waals surface area (Å²) in [5.74, 6) is 0.445. The highest BCUT2D eigenvalue weighted by Gasteiger charge is 2.22. The van der Waals surface area contributed by atoms with Crippen LogP contribution in [0, 0.1) is 0 Å². The van der Waals surface area contributed by atoms with E-state index in [1.807, 2.05) is 34.6 Å². The second kappa shape index (κ2) is 11.5. The van der Waals surface area contributed by atoms with E-state index >= 15 is 0 Å². The number of thioether (sulfide) groups is 1. The van der Waals surface area contributed by atoms with E-state index in [4.69, 9.17) is 4.74 Å². The first-order chi connectivity index (χ1) is 14.5. The lowest BCUT2D eigenvalue weighted by Gasteiger charge is -2.33. The van der Waals surface area contributed by atoms with Gasteiger partial charge in [-0.2, -0.15) is 4.99 Å². The van der Waals surface area contributed by atoms with Gasteiger partial charge in [-0.1, -0.05) is 27.3 Å². The Hall–Kier alpha value is -1.16. The standard InChI is InChI=1S/C21H28BrN3O3S2/c1-3-28-11-10-25-17-8-7-16(22)12-18(17)30-21(25)23-19(26)13-29-14-20(27)24-9-5-4-6-15(24)2/h7-8,12,15H,3-6,9-11,13-14H2,1-2H3. The van der Waals surface area contributed by atoms with Crippen LogP contribution >= 0.6 is 39.0 Å². The molecular formula is C21H28BrN3O3S2. The van der Waals surface area contributed by atoms with Gasteiger partial charge in [-0.15, -0.1) is 11.8 Å². The van der Waals surface area contributed by atoms with Crippen molar-refractivity contribution in [3.63, 3.8) is 0 Å². The fourth-order valence-electron chi connectivity index (χ4n) is 3.56. The lowest BCUT2D eigenvalue weighted by Crippen LogP contribution is -2.43. The molecule has 30 heavy (non-hydrogen) atoms. The fraction of sp³-hybridized carbons (Fsp3) is 0.571. The van der Waals surface area contributed by atoms with Crippen LogP contribution in [0.25, 0.3) is 10.2 Å². The molecule has 1 atom stereocenters. The van der Waals surface area contributed by atoms with Gasteiger partial charge in [0.2, 0.25) is 5.91 Å². The molecular weight excluding hydrogens is 486 g/mol. The number of rotatable bonds is 8. The van der Waals surface area contributed by atoms with Gasteiger partial charge in [0.25, 0.3) is 5.91 Å². The number of thiazole rings is 1. The van der Waals surface area contributed by atoms with Gasteiger partial charge in [0.15, 0.2) is 4.80 Å². The third-order valence-electron chi connectivity index (χ3n) is 5.10. The molecule has 0 aliphatic carbocycles. The predicted molar refractivity (Wildman–Crippen MR) is 127 cm³/mol. The second-order valence-corrected chi connectivity index (χ2v) is 10.2. The van der Waals surface area contributed by atoms with Crippen LogP contribution in [0.2, 0.25) is 0 Å². The van der Waals surface area contributed by atoms with Gasteiger partial charge in [-0.25, -0.2) is 0 Å². The Kier molecular flexibility index (Phi) is 8.98. The smallest absolute Gasteiger partial charge is 0.258 e. The molecule has 6 nitrogen and oxygen atoms in total. The minimum Gasteiger partial charge on any atom is -0.380 e. The van der Waals surface area contributed by atoms with Crippen molar-refractivity contribution < 1.29 is 14.3 Å². The van der Waals surface area contributed by atoms with E-state index in [-0.39, 0.29) is 17.6 Å². The largest absolute Gasteiger partial charge is 0.380 e. The number of carbonyl (C=O) groups is 2. The molecule has 1 unspecified atom stereocenters. The number of nitrogens with zero attached hydrogens (tertiary/aromatic N) is 3. The van der Waals surface area contributed by atoms with E-state index < -0.39 is 0 Å². The molecule has 1 fully saturated rings. The molecule has 1 aliphatic rings. The van der Waals surface area contributed by atoms with Crippen LogP contribution in [0.4, 0.5) is 0 Å². The number of hydrogen-bond donors (Lipinski definition) is 0. The van der Waals surface area contributed by atoms with Crippen LogP contribution in [0.5, 0.6) is 0 Å². The number of amides is 2. The van der Waals surface area contributed by atoms with Gasteiger partial charge in [0, 0.05) is 30.2 Å². The highest BCUT2D eigenvalue weighted by molar-refractivity contribution is 9.10. The third-order valence-corrected chi connectivity index (χ3v) is 7.54. The maximum Gasteiger partial charge on any atom is 0.258 e. The summed E-state index contributed by atoms with van der Waals surface area (Å²) in [4.78, 5) is 31.9. The average molecular weight is 515 g/mol. The van der Waals surface area contributed by atoms with E-state index in [9.17, 15) is 9.59 Å². The first-order valence-electron chi connectivity index (χ1n) is 10.3. The monoisotopic (exact) mass is 513 g/mol. The number of hydrogen-bond acceptors (Lipinski definition) is 5. The number of aromatic nitrogens is 1. The van der Waals surface area contributed by atoms with Crippen molar-refractivity contribution in [3.05, 3.63) is 27.5 Å². The molecule has 0 radical (unpaired) electrons. The minimum absolute atomic E-state index is 0.124. The quantitative estimate of drug-likeness (QED) is 0.499. The first kappa shape index (κ1) is 23.5. The van der Waals surface area contributed by atoms with Crippen molar-refractivity contribution >= 4 is 61.1 Å². The van der Waals surface area contributed by atoms with Crippen molar-refractivity contribution in [3.8, 4) is 0 Å². The summed E-state index contributed by atoms with van der Waals surface area (Å²) in [6.45, 7) is 6.75. The zero-order valence-corrected chi connectivity index (χ0v) is 20.7. The van der Waals surface area contributed by atoms with Crippen LogP contribution in [0.1, 0.15) is 33.1 Å². The SMILES string of the molecule is CCOCCn1c(=NC(=O)CSCC(=O)N2CCCCC2C)sc2cc(Br)ccc21. The normalized spacial score (nSPS) is 17.6. The number of piperidine rings is 1. The highest BCUT2D eigenvalue weighted by Crippen LogP contribution is 2.22. The second-order valence-electron chi connectivity index (χ2n) is 7.28. The molecule has 164 valence electrons. The Balaban J connectivity index is 1.66. The third kappa shape index (κ3) is 6.18.